The van der Waals surface area contributed by atoms with Gasteiger partial charge in [-0.2, -0.15) is 0 Å². The van der Waals surface area contributed by atoms with Crippen molar-refractivity contribution in [2.75, 3.05) is 6.54 Å². The Labute approximate surface area is 95.7 Å². The number of nitrogens with zero attached hydrogens (tertiary/aromatic N) is 1. The predicted octanol–water partition coefficient (Wildman–Crippen LogP) is 1.76. The zero-order valence-electron chi connectivity index (χ0n) is 9.90. The van der Waals surface area contributed by atoms with Crippen molar-refractivity contribution in [1.82, 2.24) is 10.3 Å². The van der Waals surface area contributed by atoms with Crippen LogP contribution in [0.2, 0.25) is 0 Å². The van der Waals surface area contributed by atoms with Crippen LogP contribution in [-0.2, 0) is 4.79 Å². The Bertz CT molecular complexity index is 364. The third-order valence-corrected chi connectivity index (χ3v) is 2.37. The number of carboxylic acids is 1. The smallest absolute Gasteiger partial charge is 0.325 e. The van der Waals surface area contributed by atoms with E-state index in [1.165, 1.54) is 0 Å². The van der Waals surface area contributed by atoms with Gasteiger partial charge in [0.2, 0.25) is 0 Å². The Hall–Kier alpha value is -1.42. The second kappa shape index (κ2) is 5.61. The summed E-state index contributed by atoms with van der Waals surface area (Å²) >= 11 is 0. The van der Waals surface area contributed by atoms with Crippen LogP contribution in [0.4, 0.5) is 0 Å². The Morgan fingerprint density at radius 1 is 1.56 bits per heavy atom. The molecule has 0 saturated heterocycles. The summed E-state index contributed by atoms with van der Waals surface area (Å²) in [5, 5.41) is 12.2. The van der Waals surface area contributed by atoms with Crippen LogP contribution >= 0.6 is 0 Å². The van der Waals surface area contributed by atoms with Gasteiger partial charge in [-0.1, -0.05) is 13.8 Å². The molecule has 88 valence electrons. The Balaban J connectivity index is 2.86. The maximum Gasteiger partial charge on any atom is 0.325 e. The third-order valence-electron chi connectivity index (χ3n) is 2.37. The molecule has 0 aliphatic rings. The molecule has 0 fully saturated rings. The highest BCUT2D eigenvalue weighted by atomic mass is 16.4. The molecule has 4 nitrogen and oxygen atoms in total. The number of carbonyl (C=O) groups is 1. The van der Waals surface area contributed by atoms with Crippen molar-refractivity contribution in [2.45, 2.75) is 26.8 Å². The summed E-state index contributed by atoms with van der Waals surface area (Å²) < 4.78 is 0. The van der Waals surface area contributed by atoms with Crippen LogP contribution in [0.1, 0.15) is 31.0 Å². The van der Waals surface area contributed by atoms with E-state index in [2.05, 4.69) is 10.3 Å². The molecule has 0 saturated carbocycles. The molecule has 4 heteroatoms. The lowest BCUT2D eigenvalue weighted by molar-refractivity contribution is -0.139. The molecule has 0 aromatic carbocycles. The Morgan fingerprint density at radius 3 is 2.75 bits per heavy atom. The highest BCUT2D eigenvalue weighted by Crippen LogP contribution is 2.16. The van der Waals surface area contributed by atoms with Gasteiger partial charge in [-0.3, -0.25) is 9.78 Å². The van der Waals surface area contributed by atoms with Gasteiger partial charge in [-0.05, 0) is 31.0 Å². The van der Waals surface area contributed by atoms with Crippen LogP contribution in [0.5, 0.6) is 0 Å². The third kappa shape index (κ3) is 3.31. The molecule has 0 amide bonds. The largest absolute Gasteiger partial charge is 0.480 e. The van der Waals surface area contributed by atoms with Crippen molar-refractivity contribution < 1.29 is 9.90 Å². The predicted molar refractivity (Wildman–Crippen MR) is 62.2 cm³/mol. The average molecular weight is 222 g/mol. The first-order valence-corrected chi connectivity index (χ1v) is 5.39. The minimum Gasteiger partial charge on any atom is -0.480 e. The number of aryl methyl sites for hydroxylation is 1. The SMILES string of the molecule is Cc1ccncc1C(NCC(C)C)C(=O)O. The molecule has 1 atom stereocenters. The number of carboxylic acid groups (broad SMARTS) is 1. The van der Waals surface area contributed by atoms with Gasteiger partial charge in [0.05, 0.1) is 0 Å². The first-order chi connectivity index (χ1) is 7.52. The van der Waals surface area contributed by atoms with Gasteiger partial charge in [-0.15, -0.1) is 0 Å². The summed E-state index contributed by atoms with van der Waals surface area (Å²) in [4.78, 5) is 15.1. The van der Waals surface area contributed by atoms with Crippen LogP contribution in [-0.4, -0.2) is 22.6 Å². The molecular formula is C12H18N2O2. The molecule has 1 heterocycles. The monoisotopic (exact) mass is 222 g/mol. The molecule has 1 aromatic heterocycles. The van der Waals surface area contributed by atoms with Crippen molar-refractivity contribution in [3.8, 4) is 0 Å². The quantitative estimate of drug-likeness (QED) is 0.797. The molecule has 2 N–H and O–H groups in total. The van der Waals surface area contributed by atoms with Gasteiger partial charge in [0.25, 0.3) is 0 Å². The summed E-state index contributed by atoms with van der Waals surface area (Å²) in [6.45, 7) is 6.65. The summed E-state index contributed by atoms with van der Waals surface area (Å²) in [6, 6.07) is 1.15. The molecular weight excluding hydrogens is 204 g/mol. The van der Waals surface area contributed by atoms with Gasteiger partial charge in [0.15, 0.2) is 0 Å². The van der Waals surface area contributed by atoms with Crippen molar-refractivity contribution in [3.63, 3.8) is 0 Å². The lowest BCUT2D eigenvalue weighted by atomic mass is 10.0. The molecule has 1 unspecified atom stereocenters. The minimum absolute atomic E-state index is 0.416. The second-order valence-electron chi connectivity index (χ2n) is 4.31. The Morgan fingerprint density at radius 2 is 2.25 bits per heavy atom. The second-order valence-corrected chi connectivity index (χ2v) is 4.31. The molecule has 16 heavy (non-hydrogen) atoms. The van der Waals surface area contributed by atoms with E-state index in [0.29, 0.717) is 12.5 Å². The fourth-order valence-corrected chi connectivity index (χ4v) is 1.46. The first-order valence-electron chi connectivity index (χ1n) is 5.39. The highest BCUT2D eigenvalue weighted by Gasteiger charge is 2.21. The molecule has 0 radical (unpaired) electrons. The van der Waals surface area contributed by atoms with E-state index in [0.717, 1.165) is 11.1 Å². The molecule has 0 aliphatic carbocycles. The van der Waals surface area contributed by atoms with Crippen LogP contribution < -0.4 is 5.32 Å². The van der Waals surface area contributed by atoms with E-state index in [-0.39, 0.29) is 0 Å². The van der Waals surface area contributed by atoms with E-state index >= 15 is 0 Å². The standard InChI is InChI=1S/C12H18N2O2/c1-8(2)6-14-11(12(15)16)10-7-13-5-4-9(10)3/h4-5,7-8,11,14H,6H2,1-3H3,(H,15,16). The maximum atomic E-state index is 11.2. The summed E-state index contributed by atoms with van der Waals surface area (Å²) in [5.74, 6) is -0.449. The zero-order chi connectivity index (χ0) is 12.1. The number of aliphatic carboxylic acids is 1. The number of nitrogens with one attached hydrogen (secondary N) is 1. The summed E-state index contributed by atoms with van der Waals surface area (Å²) in [6.07, 6.45) is 3.28. The summed E-state index contributed by atoms with van der Waals surface area (Å²) in [5.41, 5.74) is 1.68. The number of hydrogen-bond donors (Lipinski definition) is 2. The van der Waals surface area contributed by atoms with Crippen LogP contribution in [0.25, 0.3) is 0 Å². The van der Waals surface area contributed by atoms with Crippen molar-refractivity contribution in [2.24, 2.45) is 5.92 Å². The first kappa shape index (κ1) is 12.6. The van der Waals surface area contributed by atoms with E-state index in [9.17, 15) is 9.90 Å². The topological polar surface area (TPSA) is 62.2 Å². The minimum atomic E-state index is -0.864. The molecule has 1 aromatic rings. The van der Waals surface area contributed by atoms with Gasteiger partial charge in [0, 0.05) is 18.0 Å². The van der Waals surface area contributed by atoms with E-state index in [1.807, 2.05) is 26.8 Å². The normalized spacial score (nSPS) is 12.8. The fraction of sp³-hybridized carbons (Fsp3) is 0.500. The van der Waals surface area contributed by atoms with E-state index in [1.54, 1.807) is 12.4 Å². The molecule has 0 spiro atoms. The van der Waals surface area contributed by atoms with Crippen LogP contribution in [0.3, 0.4) is 0 Å². The van der Waals surface area contributed by atoms with Crippen LogP contribution in [0.15, 0.2) is 18.5 Å². The fourth-order valence-electron chi connectivity index (χ4n) is 1.46. The zero-order valence-corrected chi connectivity index (χ0v) is 9.90. The average Bonchev–Trinajstić information content (AvgIpc) is 2.20. The van der Waals surface area contributed by atoms with Crippen LogP contribution in [0, 0.1) is 12.8 Å². The summed E-state index contributed by atoms with van der Waals surface area (Å²) in [7, 11) is 0. The lowest BCUT2D eigenvalue weighted by Gasteiger charge is -2.17. The van der Waals surface area contributed by atoms with Gasteiger partial charge in [-0.25, -0.2) is 0 Å². The van der Waals surface area contributed by atoms with E-state index < -0.39 is 12.0 Å². The molecule has 0 bridgehead atoms. The molecule has 1 rings (SSSR count). The van der Waals surface area contributed by atoms with Crippen molar-refractivity contribution >= 4 is 5.97 Å². The number of hydrogen-bond acceptors (Lipinski definition) is 3. The number of rotatable bonds is 5. The van der Waals surface area contributed by atoms with Gasteiger partial charge in [0.1, 0.15) is 6.04 Å². The number of aromatic nitrogens is 1. The van der Waals surface area contributed by atoms with Crippen molar-refractivity contribution in [3.05, 3.63) is 29.6 Å². The lowest BCUT2D eigenvalue weighted by Crippen LogP contribution is -2.31. The van der Waals surface area contributed by atoms with Crippen molar-refractivity contribution in [1.29, 1.82) is 0 Å². The molecule has 0 aliphatic heterocycles. The van der Waals surface area contributed by atoms with E-state index in [4.69, 9.17) is 0 Å². The van der Waals surface area contributed by atoms with Gasteiger partial charge < -0.3 is 10.4 Å². The maximum absolute atomic E-state index is 11.2. The van der Waals surface area contributed by atoms with Gasteiger partial charge >= 0.3 is 5.97 Å². The Kier molecular flexibility index (Phi) is 4.43. The number of pyridine rings is 1. The highest BCUT2D eigenvalue weighted by molar-refractivity contribution is 5.75.